The van der Waals surface area contributed by atoms with Crippen molar-refractivity contribution in [1.82, 2.24) is 39.6 Å². The standard InChI is InChI=1S/C39H39FN8O3/c40-28-22-32-36(42-23-28)47(31-6-3-5-27(21-31)26-11-9-25(10-12-26)24-46-19-4-17-41-18-20-46)39(51)48(38(32)50)30-15-13-29(14-16-30)43-37(49)35-44-33-7-1-2-8-34(33)45-35/h1-3,5-12,21-23,29-30,41H,4,13-20,24H2,(H,43,49)(H,44,45)/t29-,30+. The molecule has 6 aromatic rings. The van der Waals surface area contributed by atoms with Gasteiger partial charge in [-0.05, 0) is 92.2 Å². The van der Waals surface area contributed by atoms with Gasteiger partial charge in [-0.25, -0.2) is 23.7 Å². The number of imidazole rings is 1. The summed E-state index contributed by atoms with van der Waals surface area (Å²) in [5.74, 6) is -0.713. The number of hydrogen-bond acceptors (Lipinski definition) is 7. The Kier molecular flexibility index (Phi) is 9.01. The number of rotatable bonds is 7. The van der Waals surface area contributed by atoms with Gasteiger partial charge in [-0.3, -0.25) is 19.1 Å². The molecule has 1 amide bonds. The summed E-state index contributed by atoms with van der Waals surface area (Å²) in [5, 5.41) is 6.53. The quantitative estimate of drug-likeness (QED) is 0.217. The van der Waals surface area contributed by atoms with Crippen LogP contribution in [0.3, 0.4) is 0 Å². The van der Waals surface area contributed by atoms with Crippen molar-refractivity contribution in [2.75, 3.05) is 26.2 Å². The fourth-order valence-corrected chi connectivity index (χ4v) is 7.47. The Morgan fingerprint density at radius 1 is 0.902 bits per heavy atom. The number of carbonyl (C=O) groups excluding carboxylic acids is 1. The normalized spacial score (nSPS) is 18.5. The molecule has 3 N–H and O–H groups in total. The fourth-order valence-electron chi connectivity index (χ4n) is 7.47. The number of aromatic nitrogens is 5. The second kappa shape index (κ2) is 14.0. The Bertz CT molecular complexity index is 2300. The minimum atomic E-state index is -0.654. The van der Waals surface area contributed by atoms with Gasteiger partial charge in [0.1, 0.15) is 5.82 Å². The van der Waals surface area contributed by atoms with Gasteiger partial charge in [0.2, 0.25) is 0 Å². The lowest BCUT2D eigenvalue weighted by Crippen LogP contribution is -2.45. The van der Waals surface area contributed by atoms with E-state index in [0.717, 1.165) is 68.1 Å². The number of H-pyrrole nitrogens is 1. The lowest BCUT2D eigenvalue weighted by molar-refractivity contribution is 0.0912. The number of fused-ring (bicyclic) bond motifs is 2. The summed E-state index contributed by atoms with van der Waals surface area (Å²) >= 11 is 0. The molecule has 3 aromatic carbocycles. The van der Waals surface area contributed by atoms with E-state index in [1.807, 2.05) is 42.5 Å². The zero-order valence-corrected chi connectivity index (χ0v) is 28.1. The highest BCUT2D eigenvalue weighted by atomic mass is 19.1. The van der Waals surface area contributed by atoms with E-state index in [9.17, 15) is 18.8 Å². The zero-order valence-electron chi connectivity index (χ0n) is 28.1. The summed E-state index contributed by atoms with van der Waals surface area (Å²) < 4.78 is 17.2. The third kappa shape index (κ3) is 6.72. The van der Waals surface area contributed by atoms with Gasteiger partial charge < -0.3 is 15.6 Å². The van der Waals surface area contributed by atoms with Crippen LogP contribution in [0.5, 0.6) is 0 Å². The Labute approximate surface area is 293 Å². The highest BCUT2D eigenvalue weighted by Gasteiger charge is 2.29. The minimum absolute atomic E-state index is 0.0355. The van der Waals surface area contributed by atoms with E-state index in [0.29, 0.717) is 36.9 Å². The van der Waals surface area contributed by atoms with Gasteiger partial charge in [0.25, 0.3) is 11.5 Å². The fraction of sp³-hybridized carbons (Fsp3) is 0.308. The van der Waals surface area contributed by atoms with Gasteiger partial charge in [-0.2, -0.15) is 0 Å². The van der Waals surface area contributed by atoms with Gasteiger partial charge in [-0.15, -0.1) is 0 Å². The summed E-state index contributed by atoms with van der Waals surface area (Å²) in [7, 11) is 0. The van der Waals surface area contributed by atoms with Crippen LogP contribution in [0.4, 0.5) is 4.39 Å². The Balaban J connectivity index is 1.05. The number of nitrogens with one attached hydrogen (secondary N) is 3. The van der Waals surface area contributed by atoms with Gasteiger partial charge in [0.15, 0.2) is 11.5 Å². The van der Waals surface area contributed by atoms with Crippen LogP contribution in [0.15, 0.2) is 94.6 Å². The first-order chi connectivity index (χ1) is 24.9. The van der Waals surface area contributed by atoms with Crippen molar-refractivity contribution in [1.29, 1.82) is 0 Å². The van der Waals surface area contributed by atoms with E-state index in [4.69, 9.17) is 0 Å². The highest BCUT2D eigenvalue weighted by Crippen LogP contribution is 2.29. The largest absolute Gasteiger partial charge is 0.347 e. The Morgan fingerprint density at radius 3 is 2.55 bits per heavy atom. The van der Waals surface area contributed by atoms with Crippen molar-refractivity contribution in [3.8, 4) is 16.8 Å². The van der Waals surface area contributed by atoms with Crippen molar-refractivity contribution >= 4 is 28.0 Å². The molecule has 12 heteroatoms. The maximum Gasteiger partial charge on any atom is 0.337 e. The van der Waals surface area contributed by atoms with Gasteiger partial charge in [-0.1, -0.05) is 48.5 Å². The summed E-state index contributed by atoms with van der Waals surface area (Å²) in [6.45, 7) is 5.04. The predicted octanol–water partition coefficient (Wildman–Crippen LogP) is 4.94. The molecule has 8 rings (SSSR count). The highest BCUT2D eigenvalue weighted by molar-refractivity contribution is 5.94. The molecule has 260 valence electrons. The molecule has 1 aliphatic carbocycles. The first-order valence-corrected chi connectivity index (χ1v) is 17.6. The van der Waals surface area contributed by atoms with Crippen LogP contribution in [0, 0.1) is 5.82 Å². The summed E-state index contributed by atoms with van der Waals surface area (Å²) in [6.07, 6.45) is 4.24. The van der Waals surface area contributed by atoms with E-state index >= 15 is 0 Å². The molecular formula is C39H39FN8O3. The van der Waals surface area contributed by atoms with Crippen LogP contribution in [0.1, 0.15) is 54.3 Å². The van der Waals surface area contributed by atoms with Gasteiger partial charge in [0.05, 0.1) is 28.3 Å². The molecule has 0 radical (unpaired) electrons. The number of para-hydroxylation sites is 2. The number of benzene rings is 3. The second-order valence-electron chi connectivity index (χ2n) is 13.5. The van der Waals surface area contributed by atoms with Crippen molar-refractivity contribution in [3.63, 3.8) is 0 Å². The molecule has 1 aliphatic heterocycles. The van der Waals surface area contributed by atoms with E-state index < -0.39 is 23.1 Å². The van der Waals surface area contributed by atoms with Gasteiger partial charge in [0, 0.05) is 31.7 Å². The van der Waals surface area contributed by atoms with E-state index in [-0.39, 0.29) is 28.8 Å². The van der Waals surface area contributed by atoms with Crippen molar-refractivity contribution in [2.45, 2.75) is 50.7 Å². The lowest BCUT2D eigenvalue weighted by atomic mass is 9.91. The number of carbonyl (C=O) groups is 1. The molecule has 2 fully saturated rings. The molecule has 3 aromatic heterocycles. The Morgan fingerprint density at radius 2 is 1.73 bits per heavy atom. The van der Waals surface area contributed by atoms with Crippen LogP contribution >= 0.6 is 0 Å². The molecular weight excluding hydrogens is 647 g/mol. The summed E-state index contributed by atoms with van der Waals surface area (Å²) in [5.41, 5.74) is 4.16. The SMILES string of the molecule is O=C(N[C@H]1CC[C@@H](n2c(=O)c3cc(F)cnc3n(-c3cccc(-c4ccc(CN5CCCNCC5)cc4)c3)c2=O)CC1)c1nc2ccccc2[nH]1. The van der Waals surface area contributed by atoms with E-state index in [1.165, 1.54) is 14.7 Å². The number of halogens is 1. The molecule has 0 unspecified atom stereocenters. The number of nitrogens with zero attached hydrogens (tertiary/aromatic N) is 5. The smallest absolute Gasteiger partial charge is 0.337 e. The predicted molar refractivity (Wildman–Crippen MR) is 195 cm³/mol. The third-order valence-corrected chi connectivity index (χ3v) is 10.1. The Hall–Kier alpha value is -5.46. The van der Waals surface area contributed by atoms with Crippen molar-refractivity contribution < 1.29 is 9.18 Å². The first-order valence-electron chi connectivity index (χ1n) is 17.6. The van der Waals surface area contributed by atoms with Crippen LogP contribution in [-0.2, 0) is 6.54 Å². The molecule has 1 saturated heterocycles. The third-order valence-electron chi connectivity index (χ3n) is 10.1. The minimum Gasteiger partial charge on any atom is -0.347 e. The molecule has 0 bridgehead atoms. The molecule has 11 nitrogen and oxygen atoms in total. The first kappa shape index (κ1) is 32.7. The maximum atomic E-state index is 14.5. The van der Waals surface area contributed by atoms with E-state index in [2.05, 4.69) is 54.8 Å². The topological polar surface area (TPSA) is 130 Å². The molecule has 0 atom stereocenters. The van der Waals surface area contributed by atoms with Crippen LogP contribution in [0.25, 0.3) is 38.9 Å². The van der Waals surface area contributed by atoms with Crippen LogP contribution < -0.4 is 21.9 Å². The molecule has 51 heavy (non-hydrogen) atoms. The van der Waals surface area contributed by atoms with Crippen LogP contribution in [-0.4, -0.2) is 67.1 Å². The summed E-state index contributed by atoms with van der Waals surface area (Å²) in [6, 6.07) is 24.0. The zero-order chi connectivity index (χ0) is 34.9. The van der Waals surface area contributed by atoms with E-state index in [1.54, 1.807) is 6.07 Å². The molecule has 0 spiro atoms. The van der Waals surface area contributed by atoms with Gasteiger partial charge >= 0.3 is 5.69 Å². The second-order valence-corrected chi connectivity index (χ2v) is 13.5. The summed E-state index contributed by atoms with van der Waals surface area (Å²) in [4.78, 5) is 55.3. The van der Waals surface area contributed by atoms with Crippen molar-refractivity contribution in [3.05, 3.63) is 123 Å². The number of aromatic amines is 1. The molecule has 2 aliphatic rings. The average molecular weight is 687 g/mol. The van der Waals surface area contributed by atoms with Crippen molar-refractivity contribution in [2.24, 2.45) is 0 Å². The number of amides is 1. The molecule has 4 heterocycles. The number of hydrogen-bond donors (Lipinski definition) is 3. The average Bonchev–Trinajstić information content (AvgIpc) is 3.43. The van der Waals surface area contributed by atoms with Crippen LogP contribution in [0.2, 0.25) is 0 Å². The maximum absolute atomic E-state index is 14.5. The number of pyridine rings is 1. The monoisotopic (exact) mass is 686 g/mol. The molecule has 1 saturated carbocycles. The lowest BCUT2D eigenvalue weighted by Gasteiger charge is -2.30.